The van der Waals surface area contributed by atoms with Crippen LogP contribution >= 0.6 is 0 Å². The van der Waals surface area contributed by atoms with Crippen LogP contribution in [0, 0.1) is 5.92 Å². The molecule has 12 heavy (non-hydrogen) atoms. The summed E-state index contributed by atoms with van der Waals surface area (Å²) in [5.74, 6) is 0.536. The summed E-state index contributed by atoms with van der Waals surface area (Å²) in [5.41, 5.74) is 0. The van der Waals surface area contributed by atoms with Gasteiger partial charge in [0.1, 0.15) is 6.10 Å². The van der Waals surface area contributed by atoms with Crippen LogP contribution in [-0.2, 0) is 9.53 Å². The van der Waals surface area contributed by atoms with Crippen LogP contribution in [0.25, 0.3) is 0 Å². The van der Waals surface area contributed by atoms with Crippen LogP contribution in [0.3, 0.4) is 0 Å². The minimum atomic E-state index is -0.198. The summed E-state index contributed by atoms with van der Waals surface area (Å²) in [5, 5.41) is 0. The van der Waals surface area contributed by atoms with Gasteiger partial charge in [0.15, 0.2) is 5.78 Å². The molecule has 2 nitrogen and oxygen atoms in total. The lowest BCUT2D eigenvalue weighted by molar-refractivity contribution is -0.131. The van der Waals surface area contributed by atoms with Crippen molar-refractivity contribution in [1.82, 2.24) is 0 Å². The topological polar surface area (TPSA) is 26.3 Å². The van der Waals surface area contributed by atoms with Crippen LogP contribution in [0.4, 0.5) is 0 Å². The monoisotopic (exact) mass is 172 g/mol. The van der Waals surface area contributed by atoms with Crippen molar-refractivity contribution in [2.45, 2.75) is 46.1 Å². The number of rotatable bonds is 6. The fourth-order valence-electron chi connectivity index (χ4n) is 1.27. The number of hydrogen-bond donors (Lipinski definition) is 0. The zero-order chi connectivity index (χ0) is 9.56. The molecule has 0 heterocycles. The van der Waals surface area contributed by atoms with Crippen molar-refractivity contribution < 1.29 is 9.53 Å². The summed E-state index contributed by atoms with van der Waals surface area (Å²) < 4.78 is 5.12. The first kappa shape index (κ1) is 11.6. The Hall–Kier alpha value is -0.370. The predicted molar refractivity (Wildman–Crippen MR) is 50.2 cm³/mol. The molecule has 0 saturated carbocycles. The average Bonchev–Trinajstić information content (AvgIpc) is 2.01. The predicted octanol–water partition coefficient (Wildman–Crippen LogP) is 2.42. The fourth-order valence-corrected chi connectivity index (χ4v) is 1.27. The first-order chi connectivity index (χ1) is 5.63. The van der Waals surface area contributed by atoms with Crippen molar-refractivity contribution in [3.05, 3.63) is 0 Å². The Balaban J connectivity index is 3.86. The van der Waals surface area contributed by atoms with E-state index in [1.807, 2.05) is 13.8 Å². The summed E-state index contributed by atoms with van der Waals surface area (Å²) in [6.07, 6.45) is 2.51. The highest BCUT2D eigenvalue weighted by molar-refractivity contribution is 5.83. The van der Waals surface area contributed by atoms with Gasteiger partial charge in [-0.25, -0.2) is 0 Å². The lowest BCUT2D eigenvalue weighted by atomic mass is 9.99. The van der Waals surface area contributed by atoms with Gasteiger partial charge in [0, 0.05) is 13.5 Å². The molecule has 0 N–H and O–H groups in total. The van der Waals surface area contributed by atoms with Crippen LogP contribution in [0.5, 0.6) is 0 Å². The molecule has 0 rings (SSSR count). The van der Waals surface area contributed by atoms with Crippen molar-refractivity contribution in [2.24, 2.45) is 5.92 Å². The number of unbranched alkanes of at least 4 members (excludes halogenated alkanes) is 1. The highest BCUT2D eigenvalue weighted by atomic mass is 16.5. The third-order valence-corrected chi connectivity index (χ3v) is 1.95. The molecule has 72 valence electrons. The molecule has 0 aliphatic heterocycles. The van der Waals surface area contributed by atoms with Crippen LogP contribution in [0.15, 0.2) is 0 Å². The van der Waals surface area contributed by atoms with E-state index < -0.39 is 0 Å². The van der Waals surface area contributed by atoms with E-state index in [4.69, 9.17) is 4.74 Å². The van der Waals surface area contributed by atoms with Crippen LogP contribution < -0.4 is 0 Å². The van der Waals surface area contributed by atoms with E-state index in [2.05, 4.69) is 6.92 Å². The summed E-state index contributed by atoms with van der Waals surface area (Å²) >= 11 is 0. The van der Waals surface area contributed by atoms with Crippen LogP contribution in [-0.4, -0.2) is 19.0 Å². The van der Waals surface area contributed by atoms with Crippen molar-refractivity contribution in [2.75, 3.05) is 7.11 Å². The van der Waals surface area contributed by atoms with E-state index in [1.165, 1.54) is 0 Å². The molecule has 0 aromatic rings. The molecule has 0 aromatic heterocycles. The largest absolute Gasteiger partial charge is 0.373 e. The Morgan fingerprint density at radius 3 is 2.33 bits per heavy atom. The minimum Gasteiger partial charge on any atom is -0.373 e. The molecule has 0 saturated heterocycles. The number of Topliss-reactive ketones (excluding diaryl/α,β-unsaturated/α-hetero) is 1. The van der Waals surface area contributed by atoms with E-state index in [-0.39, 0.29) is 11.9 Å². The molecule has 0 spiro atoms. The van der Waals surface area contributed by atoms with Gasteiger partial charge in [0.05, 0.1) is 0 Å². The number of ether oxygens (including phenoxy) is 1. The molecule has 2 heteroatoms. The van der Waals surface area contributed by atoms with Gasteiger partial charge < -0.3 is 4.74 Å². The van der Waals surface area contributed by atoms with E-state index in [1.54, 1.807) is 7.11 Å². The number of carbonyl (C=O) groups is 1. The molecule has 1 atom stereocenters. The fraction of sp³-hybridized carbons (Fsp3) is 0.900. The maximum Gasteiger partial charge on any atom is 0.161 e. The summed E-state index contributed by atoms with van der Waals surface area (Å²) in [6, 6.07) is 0. The van der Waals surface area contributed by atoms with E-state index in [0.717, 1.165) is 12.8 Å². The first-order valence-electron chi connectivity index (χ1n) is 4.69. The van der Waals surface area contributed by atoms with Gasteiger partial charge in [-0.1, -0.05) is 27.2 Å². The zero-order valence-corrected chi connectivity index (χ0v) is 8.59. The number of hydrogen-bond acceptors (Lipinski definition) is 2. The molecule has 0 fully saturated rings. The first-order valence-corrected chi connectivity index (χ1v) is 4.69. The van der Waals surface area contributed by atoms with Gasteiger partial charge in [-0.05, 0) is 12.3 Å². The van der Waals surface area contributed by atoms with E-state index >= 15 is 0 Å². The second-order valence-electron chi connectivity index (χ2n) is 3.47. The second-order valence-corrected chi connectivity index (χ2v) is 3.47. The Labute approximate surface area is 75.3 Å². The highest BCUT2D eigenvalue weighted by Crippen LogP contribution is 2.10. The van der Waals surface area contributed by atoms with Gasteiger partial charge in [-0.15, -0.1) is 0 Å². The third-order valence-electron chi connectivity index (χ3n) is 1.95. The molecule has 0 aromatic carbocycles. The molecular formula is C10H20O2. The van der Waals surface area contributed by atoms with Crippen molar-refractivity contribution in [3.8, 4) is 0 Å². The van der Waals surface area contributed by atoms with Gasteiger partial charge in [-0.2, -0.15) is 0 Å². The Kier molecular flexibility index (Phi) is 5.99. The van der Waals surface area contributed by atoms with Gasteiger partial charge >= 0.3 is 0 Å². The lowest BCUT2D eigenvalue weighted by Crippen LogP contribution is -2.28. The average molecular weight is 172 g/mol. The van der Waals surface area contributed by atoms with E-state index in [9.17, 15) is 4.79 Å². The lowest BCUT2D eigenvalue weighted by Gasteiger charge is -2.17. The molecule has 0 radical (unpaired) electrons. The molecular weight excluding hydrogens is 152 g/mol. The van der Waals surface area contributed by atoms with Crippen molar-refractivity contribution in [1.29, 1.82) is 0 Å². The van der Waals surface area contributed by atoms with Crippen molar-refractivity contribution >= 4 is 5.78 Å². The van der Waals surface area contributed by atoms with Gasteiger partial charge in [-0.3, -0.25) is 4.79 Å². The standard InChI is InChI=1S/C10H20O2/c1-5-6-7-9(11)10(12-4)8(2)3/h8,10H,5-7H2,1-4H3. The smallest absolute Gasteiger partial charge is 0.161 e. The number of ketones is 1. The molecule has 0 bridgehead atoms. The minimum absolute atomic E-state index is 0.198. The van der Waals surface area contributed by atoms with Gasteiger partial charge in [0.25, 0.3) is 0 Å². The maximum atomic E-state index is 11.4. The normalized spacial score (nSPS) is 13.4. The molecule has 0 amide bonds. The third kappa shape index (κ3) is 3.86. The Bertz CT molecular complexity index is 130. The molecule has 0 aliphatic rings. The number of methoxy groups -OCH3 is 1. The maximum absolute atomic E-state index is 11.4. The molecule has 0 aliphatic carbocycles. The summed E-state index contributed by atoms with van der Waals surface area (Å²) in [6.45, 7) is 6.11. The zero-order valence-electron chi connectivity index (χ0n) is 8.59. The number of carbonyl (C=O) groups excluding carboxylic acids is 1. The molecule has 1 unspecified atom stereocenters. The Morgan fingerprint density at radius 1 is 1.42 bits per heavy atom. The highest BCUT2D eigenvalue weighted by Gasteiger charge is 2.20. The summed E-state index contributed by atoms with van der Waals surface area (Å²) in [7, 11) is 1.61. The Morgan fingerprint density at radius 2 is 2.00 bits per heavy atom. The quantitative estimate of drug-likeness (QED) is 0.615. The van der Waals surface area contributed by atoms with Gasteiger partial charge in [0.2, 0.25) is 0 Å². The summed E-state index contributed by atoms with van der Waals surface area (Å²) in [4.78, 5) is 11.4. The van der Waals surface area contributed by atoms with E-state index in [0.29, 0.717) is 12.3 Å². The second kappa shape index (κ2) is 6.18. The van der Waals surface area contributed by atoms with Crippen molar-refractivity contribution in [3.63, 3.8) is 0 Å². The van der Waals surface area contributed by atoms with Crippen LogP contribution in [0.2, 0.25) is 0 Å². The van der Waals surface area contributed by atoms with Crippen LogP contribution in [0.1, 0.15) is 40.0 Å². The SMILES string of the molecule is CCCCC(=O)C(OC)C(C)C.